The Hall–Kier alpha value is -0.680. The molecule has 0 radical (unpaired) electrons. The largest absolute Gasteiger partial charge is 0.330 e. The van der Waals surface area contributed by atoms with Crippen molar-refractivity contribution >= 4 is 10.8 Å². The van der Waals surface area contributed by atoms with E-state index in [1.54, 1.807) is 0 Å². The molecule has 1 saturated heterocycles. The summed E-state index contributed by atoms with van der Waals surface area (Å²) in [5, 5.41) is 3.45. The molecule has 4 nitrogen and oxygen atoms in total. The van der Waals surface area contributed by atoms with Gasteiger partial charge in [-0.3, -0.25) is 4.21 Å². The molecular formula is C13H23N3OS. The minimum absolute atomic E-state index is 0.487. The van der Waals surface area contributed by atoms with Gasteiger partial charge in [0.05, 0.1) is 12.0 Å². The highest BCUT2D eigenvalue weighted by atomic mass is 32.2. The molecule has 18 heavy (non-hydrogen) atoms. The lowest BCUT2D eigenvalue weighted by Crippen LogP contribution is -2.25. The van der Waals surface area contributed by atoms with Crippen molar-refractivity contribution in [2.45, 2.75) is 39.3 Å². The van der Waals surface area contributed by atoms with Crippen LogP contribution in [0.2, 0.25) is 0 Å². The van der Waals surface area contributed by atoms with Crippen molar-refractivity contribution < 1.29 is 4.21 Å². The fourth-order valence-corrected chi connectivity index (χ4v) is 3.62. The van der Waals surface area contributed by atoms with Gasteiger partial charge in [-0.05, 0) is 25.3 Å². The Morgan fingerprint density at radius 2 is 2.22 bits per heavy atom. The topological polar surface area (TPSA) is 46.9 Å². The van der Waals surface area contributed by atoms with E-state index in [9.17, 15) is 4.21 Å². The summed E-state index contributed by atoms with van der Waals surface area (Å²) in [6, 6.07) is 0.487. The molecule has 0 aromatic carbocycles. The predicted molar refractivity (Wildman–Crippen MR) is 74.9 cm³/mol. The second-order valence-corrected chi connectivity index (χ2v) is 7.09. The number of hydrogen-bond donors (Lipinski definition) is 1. The lowest BCUT2D eigenvalue weighted by molar-refractivity contribution is 0.439. The van der Waals surface area contributed by atoms with E-state index < -0.39 is 10.8 Å². The van der Waals surface area contributed by atoms with E-state index in [0.29, 0.717) is 12.0 Å². The Balaban J connectivity index is 1.92. The van der Waals surface area contributed by atoms with Crippen LogP contribution in [0.5, 0.6) is 0 Å². The number of imidazole rings is 1. The van der Waals surface area contributed by atoms with E-state index in [0.717, 1.165) is 37.4 Å². The Kier molecular flexibility index (Phi) is 4.95. The van der Waals surface area contributed by atoms with Crippen molar-refractivity contribution in [2.75, 3.05) is 18.1 Å². The van der Waals surface area contributed by atoms with Crippen LogP contribution in [-0.2, 0) is 17.3 Å². The molecule has 0 saturated carbocycles. The minimum atomic E-state index is -0.590. The number of aromatic nitrogens is 2. The van der Waals surface area contributed by atoms with Gasteiger partial charge >= 0.3 is 0 Å². The smallest absolute Gasteiger partial charge is 0.0951 e. The van der Waals surface area contributed by atoms with Crippen molar-refractivity contribution in [1.29, 1.82) is 0 Å². The summed E-state index contributed by atoms with van der Waals surface area (Å²) < 4.78 is 13.7. The van der Waals surface area contributed by atoms with Gasteiger partial charge < -0.3 is 9.88 Å². The molecule has 5 heteroatoms. The molecule has 1 aliphatic rings. The van der Waals surface area contributed by atoms with Gasteiger partial charge in [-0.25, -0.2) is 4.98 Å². The number of nitrogens with one attached hydrogen (secondary N) is 1. The SMILES string of the molecule is CC(C)CNCc1cncn1C1CCS(=O)CC1. The van der Waals surface area contributed by atoms with Crippen LogP contribution in [0.25, 0.3) is 0 Å². The first kappa shape index (κ1) is 13.7. The van der Waals surface area contributed by atoms with Crippen LogP contribution in [-0.4, -0.2) is 31.8 Å². The molecule has 0 spiro atoms. The molecule has 1 N–H and O–H groups in total. The molecule has 2 rings (SSSR count). The molecule has 1 aliphatic heterocycles. The molecule has 0 atom stereocenters. The quantitative estimate of drug-likeness (QED) is 0.885. The van der Waals surface area contributed by atoms with Crippen LogP contribution >= 0.6 is 0 Å². The molecular weight excluding hydrogens is 246 g/mol. The molecule has 102 valence electrons. The van der Waals surface area contributed by atoms with Crippen LogP contribution in [0.3, 0.4) is 0 Å². The summed E-state index contributed by atoms with van der Waals surface area (Å²) >= 11 is 0. The van der Waals surface area contributed by atoms with E-state index >= 15 is 0 Å². The fourth-order valence-electron chi connectivity index (χ4n) is 2.35. The first-order valence-electron chi connectivity index (χ1n) is 6.73. The van der Waals surface area contributed by atoms with E-state index in [2.05, 4.69) is 28.7 Å². The van der Waals surface area contributed by atoms with Gasteiger partial charge in [0.15, 0.2) is 0 Å². The Morgan fingerprint density at radius 1 is 1.50 bits per heavy atom. The van der Waals surface area contributed by atoms with Crippen LogP contribution in [0.1, 0.15) is 38.4 Å². The zero-order valence-electron chi connectivity index (χ0n) is 11.3. The van der Waals surface area contributed by atoms with Gasteiger partial charge in [0, 0.05) is 41.1 Å². The Labute approximate surface area is 112 Å². The normalized spacial score (nSPS) is 24.6. The summed E-state index contributed by atoms with van der Waals surface area (Å²) in [5.41, 5.74) is 1.24. The van der Waals surface area contributed by atoms with Crippen LogP contribution in [0.15, 0.2) is 12.5 Å². The number of rotatable bonds is 5. The van der Waals surface area contributed by atoms with Crippen LogP contribution in [0.4, 0.5) is 0 Å². The van der Waals surface area contributed by atoms with Crippen molar-refractivity contribution in [3.05, 3.63) is 18.2 Å². The fraction of sp³-hybridized carbons (Fsp3) is 0.769. The molecule has 0 bridgehead atoms. The molecule has 1 fully saturated rings. The van der Waals surface area contributed by atoms with E-state index in [1.165, 1.54) is 5.69 Å². The standard InChI is InChI=1S/C13H23N3OS/c1-11(2)7-14-8-13-9-15-10-16(13)12-3-5-18(17)6-4-12/h9-12,14H,3-8H2,1-2H3. The third-order valence-corrected chi connectivity index (χ3v) is 4.74. The van der Waals surface area contributed by atoms with Crippen LogP contribution in [0, 0.1) is 5.92 Å². The third kappa shape index (κ3) is 3.65. The summed E-state index contributed by atoms with van der Waals surface area (Å²) in [4.78, 5) is 4.26. The summed E-state index contributed by atoms with van der Waals surface area (Å²) in [6.07, 6.45) is 5.89. The highest BCUT2D eigenvalue weighted by molar-refractivity contribution is 7.85. The monoisotopic (exact) mass is 269 g/mol. The second kappa shape index (κ2) is 6.48. The van der Waals surface area contributed by atoms with Crippen molar-refractivity contribution in [3.8, 4) is 0 Å². The summed E-state index contributed by atoms with van der Waals surface area (Å²) in [7, 11) is -0.590. The first-order chi connectivity index (χ1) is 8.66. The lowest BCUT2D eigenvalue weighted by atomic mass is 10.1. The lowest BCUT2D eigenvalue weighted by Gasteiger charge is -2.24. The van der Waals surface area contributed by atoms with Gasteiger partial charge in [-0.15, -0.1) is 0 Å². The molecule has 1 aromatic heterocycles. The van der Waals surface area contributed by atoms with E-state index in [1.807, 2.05) is 12.5 Å². The van der Waals surface area contributed by atoms with Crippen molar-refractivity contribution in [3.63, 3.8) is 0 Å². The third-order valence-electron chi connectivity index (χ3n) is 3.36. The van der Waals surface area contributed by atoms with Crippen molar-refractivity contribution in [1.82, 2.24) is 14.9 Å². The molecule has 0 aliphatic carbocycles. The summed E-state index contributed by atoms with van der Waals surface area (Å²) in [5.74, 6) is 2.34. The zero-order chi connectivity index (χ0) is 13.0. The van der Waals surface area contributed by atoms with Gasteiger partial charge in [0.1, 0.15) is 0 Å². The van der Waals surface area contributed by atoms with Gasteiger partial charge in [-0.2, -0.15) is 0 Å². The van der Waals surface area contributed by atoms with Gasteiger partial charge in [0.25, 0.3) is 0 Å². The van der Waals surface area contributed by atoms with Crippen molar-refractivity contribution in [2.24, 2.45) is 5.92 Å². The maximum Gasteiger partial charge on any atom is 0.0951 e. The number of nitrogens with zero attached hydrogens (tertiary/aromatic N) is 2. The molecule has 2 heterocycles. The Bertz CT molecular complexity index is 393. The van der Waals surface area contributed by atoms with Crippen LogP contribution < -0.4 is 5.32 Å². The van der Waals surface area contributed by atoms with E-state index in [4.69, 9.17) is 0 Å². The molecule has 0 amide bonds. The molecule has 1 aromatic rings. The maximum absolute atomic E-state index is 11.4. The molecule has 0 unspecified atom stereocenters. The van der Waals surface area contributed by atoms with Gasteiger partial charge in [0.2, 0.25) is 0 Å². The highest BCUT2D eigenvalue weighted by Gasteiger charge is 2.20. The Morgan fingerprint density at radius 3 is 2.89 bits per heavy atom. The highest BCUT2D eigenvalue weighted by Crippen LogP contribution is 2.23. The maximum atomic E-state index is 11.4. The second-order valence-electron chi connectivity index (χ2n) is 5.40. The average molecular weight is 269 g/mol. The van der Waals surface area contributed by atoms with E-state index in [-0.39, 0.29) is 0 Å². The summed E-state index contributed by atoms with van der Waals surface area (Å²) in [6.45, 7) is 6.32. The average Bonchev–Trinajstić information content (AvgIpc) is 2.78. The van der Waals surface area contributed by atoms with Gasteiger partial charge in [-0.1, -0.05) is 13.8 Å². The predicted octanol–water partition coefficient (Wildman–Crippen LogP) is 1.71. The number of hydrogen-bond acceptors (Lipinski definition) is 3. The first-order valence-corrected chi connectivity index (χ1v) is 8.22. The minimum Gasteiger partial charge on any atom is -0.330 e. The zero-order valence-corrected chi connectivity index (χ0v) is 12.1.